The van der Waals surface area contributed by atoms with E-state index in [-0.39, 0.29) is 17.9 Å². The van der Waals surface area contributed by atoms with Gasteiger partial charge in [0, 0.05) is 29.7 Å². The SMILES string of the molecule is Cn1cc(C(=O)Cn2cnc3ccccc3c2=O)c2ccccc21. The van der Waals surface area contributed by atoms with Crippen molar-refractivity contribution in [1.82, 2.24) is 14.1 Å². The van der Waals surface area contributed by atoms with Crippen molar-refractivity contribution in [2.24, 2.45) is 7.05 Å². The lowest BCUT2D eigenvalue weighted by Crippen LogP contribution is -2.24. The number of carbonyl (C=O) groups excluding carboxylic acids is 1. The summed E-state index contributed by atoms with van der Waals surface area (Å²) < 4.78 is 3.29. The predicted octanol–water partition coefficient (Wildman–Crippen LogP) is 2.77. The van der Waals surface area contributed by atoms with Crippen LogP contribution < -0.4 is 5.56 Å². The zero-order valence-corrected chi connectivity index (χ0v) is 13.1. The number of rotatable bonds is 3. The number of carbonyl (C=O) groups is 1. The van der Waals surface area contributed by atoms with Crippen LogP contribution in [0.4, 0.5) is 0 Å². The molecule has 0 saturated carbocycles. The minimum absolute atomic E-state index is 0.0231. The highest BCUT2D eigenvalue weighted by atomic mass is 16.1. The molecule has 0 atom stereocenters. The summed E-state index contributed by atoms with van der Waals surface area (Å²) >= 11 is 0. The molecule has 0 unspecified atom stereocenters. The van der Waals surface area contributed by atoms with E-state index in [1.165, 1.54) is 10.9 Å². The summed E-state index contributed by atoms with van der Waals surface area (Å²) in [4.78, 5) is 29.5. The van der Waals surface area contributed by atoms with Crippen molar-refractivity contribution >= 4 is 27.6 Å². The largest absolute Gasteiger partial charge is 0.350 e. The monoisotopic (exact) mass is 317 g/mol. The van der Waals surface area contributed by atoms with Crippen molar-refractivity contribution in [3.05, 3.63) is 77.0 Å². The quantitative estimate of drug-likeness (QED) is 0.546. The van der Waals surface area contributed by atoms with Crippen LogP contribution in [-0.2, 0) is 13.6 Å². The minimum Gasteiger partial charge on any atom is -0.350 e. The van der Waals surface area contributed by atoms with Gasteiger partial charge in [-0.1, -0.05) is 30.3 Å². The summed E-state index contributed by atoms with van der Waals surface area (Å²) in [5.41, 5.74) is 2.04. The number of benzene rings is 2. The number of Topliss-reactive ketones (excluding diaryl/α,β-unsaturated/α-hetero) is 1. The summed E-state index contributed by atoms with van der Waals surface area (Å²) in [7, 11) is 1.91. The Morgan fingerprint density at radius 1 is 1.04 bits per heavy atom. The molecule has 0 N–H and O–H groups in total. The van der Waals surface area contributed by atoms with Crippen LogP contribution in [0.3, 0.4) is 0 Å². The first-order valence-electron chi connectivity index (χ1n) is 7.66. The summed E-state index contributed by atoms with van der Waals surface area (Å²) in [6.45, 7) is -0.0231. The highest BCUT2D eigenvalue weighted by Crippen LogP contribution is 2.21. The summed E-state index contributed by atoms with van der Waals surface area (Å²) in [6.07, 6.45) is 3.25. The Labute approximate surface area is 137 Å². The van der Waals surface area contributed by atoms with Gasteiger partial charge in [-0.05, 0) is 18.2 Å². The van der Waals surface area contributed by atoms with Crippen LogP contribution in [0.25, 0.3) is 21.8 Å². The van der Waals surface area contributed by atoms with Crippen LogP contribution in [0.1, 0.15) is 10.4 Å². The first kappa shape index (κ1) is 14.4. The summed E-state index contributed by atoms with van der Waals surface area (Å²) in [5.74, 6) is -0.106. The van der Waals surface area contributed by atoms with Gasteiger partial charge in [-0.15, -0.1) is 0 Å². The Bertz CT molecular complexity index is 1140. The minimum atomic E-state index is -0.200. The number of ketones is 1. The van der Waals surface area contributed by atoms with Crippen LogP contribution in [0.15, 0.2) is 65.8 Å². The average Bonchev–Trinajstić information content (AvgIpc) is 2.95. The molecule has 24 heavy (non-hydrogen) atoms. The van der Waals surface area contributed by atoms with E-state index >= 15 is 0 Å². The molecule has 4 aromatic rings. The van der Waals surface area contributed by atoms with E-state index in [0.29, 0.717) is 16.5 Å². The number of hydrogen-bond acceptors (Lipinski definition) is 3. The van der Waals surface area contributed by atoms with Crippen molar-refractivity contribution < 1.29 is 4.79 Å². The van der Waals surface area contributed by atoms with Crippen molar-refractivity contribution in [1.29, 1.82) is 0 Å². The maximum Gasteiger partial charge on any atom is 0.261 e. The molecule has 0 amide bonds. The third-order valence-electron chi connectivity index (χ3n) is 4.24. The van der Waals surface area contributed by atoms with Crippen LogP contribution in [-0.4, -0.2) is 19.9 Å². The van der Waals surface area contributed by atoms with Gasteiger partial charge in [-0.2, -0.15) is 0 Å². The van der Waals surface area contributed by atoms with Crippen molar-refractivity contribution in [2.45, 2.75) is 6.54 Å². The predicted molar refractivity (Wildman–Crippen MR) is 93.3 cm³/mol. The lowest BCUT2D eigenvalue weighted by Gasteiger charge is -2.05. The molecule has 0 aliphatic heterocycles. The lowest BCUT2D eigenvalue weighted by atomic mass is 10.1. The molecule has 2 aromatic heterocycles. The zero-order chi connectivity index (χ0) is 16.7. The number of hydrogen-bond donors (Lipinski definition) is 0. The Morgan fingerprint density at radius 3 is 2.58 bits per heavy atom. The zero-order valence-electron chi connectivity index (χ0n) is 13.1. The van der Waals surface area contributed by atoms with Gasteiger partial charge in [0.1, 0.15) is 0 Å². The number of aryl methyl sites for hydroxylation is 1. The molecule has 0 spiro atoms. The fourth-order valence-corrected chi connectivity index (χ4v) is 3.02. The van der Waals surface area contributed by atoms with E-state index < -0.39 is 0 Å². The maximum absolute atomic E-state index is 12.7. The third kappa shape index (κ3) is 2.22. The Balaban J connectivity index is 1.76. The van der Waals surface area contributed by atoms with Gasteiger partial charge >= 0.3 is 0 Å². The second kappa shape index (κ2) is 5.45. The summed E-state index contributed by atoms with van der Waals surface area (Å²) in [5, 5.41) is 1.41. The summed E-state index contributed by atoms with van der Waals surface area (Å²) in [6, 6.07) is 14.9. The van der Waals surface area contributed by atoms with Gasteiger partial charge in [0.25, 0.3) is 5.56 Å². The molecule has 0 aliphatic rings. The van der Waals surface area contributed by atoms with Crippen LogP contribution in [0.2, 0.25) is 0 Å². The van der Waals surface area contributed by atoms with Gasteiger partial charge in [0.05, 0.1) is 23.8 Å². The van der Waals surface area contributed by atoms with Gasteiger partial charge in [0.2, 0.25) is 0 Å². The van der Waals surface area contributed by atoms with E-state index in [0.717, 1.165) is 10.9 Å². The molecule has 0 bridgehead atoms. The molecule has 5 heteroatoms. The van der Waals surface area contributed by atoms with Gasteiger partial charge in [0.15, 0.2) is 5.78 Å². The highest BCUT2D eigenvalue weighted by Gasteiger charge is 2.15. The first-order valence-corrected chi connectivity index (χ1v) is 7.66. The second-order valence-electron chi connectivity index (χ2n) is 5.79. The van der Waals surface area contributed by atoms with E-state index in [9.17, 15) is 9.59 Å². The molecular formula is C19H15N3O2. The van der Waals surface area contributed by atoms with Crippen molar-refractivity contribution in [3.8, 4) is 0 Å². The molecule has 2 aromatic carbocycles. The smallest absolute Gasteiger partial charge is 0.261 e. The maximum atomic E-state index is 12.7. The van der Waals surface area contributed by atoms with E-state index in [4.69, 9.17) is 0 Å². The van der Waals surface area contributed by atoms with Crippen LogP contribution in [0, 0.1) is 0 Å². The molecule has 4 rings (SSSR count). The van der Waals surface area contributed by atoms with Crippen LogP contribution >= 0.6 is 0 Å². The molecule has 0 aliphatic carbocycles. The fourth-order valence-electron chi connectivity index (χ4n) is 3.02. The fraction of sp³-hybridized carbons (Fsp3) is 0.105. The third-order valence-corrected chi connectivity index (χ3v) is 4.24. The number of nitrogens with zero attached hydrogens (tertiary/aromatic N) is 3. The number of para-hydroxylation sites is 2. The highest BCUT2D eigenvalue weighted by molar-refractivity contribution is 6.08. The first-order chi connectivity index (χ1) is 11.6. The van der Waals surface area contributed by atoms with Gasteiger partial charge in [-0.25, -0.2) is 4.98 Å². The normalized spacial score (nSPS) is 11.2. The average molecular weight is 317 g/mol. The van der Waals surface area contributed by atoms with E-state index in [1.807, 2.05) is 48.1 Å². The molecule has 0 saturated heterocycles. The van der Waals surface area contributed by atoms with Gasteiger partial charge in [-0.3, -0.25) is 14.2 Å². The number of fused-ring (bicyclic) bond motifs is 2. The second-order valence-corrected chi connectivity index (χ2v) is 5.79. The Hall–Kier alpha value is -3.21. The number of aromatic nitrogens is 3. The molecule has 5 nitrogen and oxygen atoms in total. The van der Waals surface area contributed by atoms with E-state index in [1.54, 1.807) is 18.2 Å². The molecular weight excluding hydrogens is 302 g/mol. The standard InChI is InChI=1S/C19H15N3O2/c1-21-10-15(13-6-3-5-9-17(13)21)18(23)11-22-12-20-16-8-4-2-7-14(16)19(22)24/h2-10,12H,11H2,1H3. The van der Waals surface area contributed by atoms with E-state index in [2.05, 4.69) is 4.98 Å². The molecule has 2 heterocycles. The van der Waals surface area contributed by atoms with Gasteiger partial charge < -0.3 is 4.57 Å². The molecule has 0 fully saturated rings. The topological polar surface area (TPSA) is 56.9 Å². The Morgan fingerprint density at radius 2 is 1.75 bits per heavy atom. The molecule has 0 radical (unpaired) electrons. The Kier molecular flexibility index (Phi) is 3.27. The van der Waals surface area contributed by atoms with Crippen LogP contribution in [0.5, 0.6) is 0 Å². The van der Waals surface area contributed by atoms with Crippen molar-refractivity contribution in [2.75, 3.05) is 0 Å². The lowest BCUT2D eigenvalue weighted by molar-refractivity contribution is 0.0972. The molecule has 118 valence electrons. The van der Waals surface area contributed by atoms with Crippen molar-refractivity contribution in [3.63, 3.8) is 0 Å².